The highest BCUT2D eigenvalue weighted by atomic mass is 19.3. The lowest BCUT2D eigenvalue weighted by Gasteiger charge is -2.21. The molecule has 2 fully saturated rings. The molecule has 1 aliphatic heterocycles. The molecule has 0 amide bonds. The minimum Gasteiger partial charge on any atom is -0.471 e. The van der Waals surface area contributed by atoms with E-state index in [1.54, 1.807) is 31.2 Å². The number of halogens is 2. The summed E-state index contributed by atoms with van der Waals surface area (Å²) in [5, 5.41) is 32.9. The fourth-order valence-corrected chi connectivity index (χ4v) is 4.46. The van der Waals surface area contributed by atoms with Gasteiger partial charge in [0.05, 0.1) is 17.7 Å². The lowest BCUT2D eigenvalue weighted by molar-refractivity contribution is -0.0288. The Labute approximate surface area is 199 Å². The van der Waals surface area contributed by atoms with Gasteiger partial charge in [-0.3, -0.25) is 4.57 Å². The molecule has 12 heteroatoms. The molecule has 1 saturated carbocycles. The van der Waals surface area contributed by atoms with Crippen LogP contribution < -0.4 is 10.1 Å². The van der Waals surface area contributed by atoms with Crippen LogP contribution in [0.4, 0.5) is 14.7 Å². The molecule has 2 aromatic heterocycles. The minimum atomic E-state index is -2.77. The summed E-state index contributed by atoms with van der Waals surface area (Å²) >= 11 is 0. The van der Waals surface area contributed by atoms with Gasteiger partial charge in [0.1, 0.15) is 25.1 Å². The van der Waals surface area contributed by atoms with E-state index in [9.17, 15) is 19.0 Å². The van der Waals surface area contributed by atoms with Crippen molar-refractivity contribution in [1.82, 2.24) is 19.5 Å². The quantitative estimate of drug-likeness (QED) is 0.480. The molecule has 1 aliphatic carbocycles. The molecule has 35 heavy (non-hydrogen) atoms. The molecule has 0 radical (unpaired) electrons. The van der Waals surface area contributed by atoms with Gasteiger partial charge >= 0.3 is 0 Å². The summed E-state index contributed by atoms with van der Waals surface area (Å²) in [6, 6.07) is 8.37. The number of nitrogens with zero attached hydrogens (tertiary/aromatic N) is 5. The maximum atomic E-state index is 13.8. The number of ether oxygens (including phenoxy) is 2. The van der Waals surface area contributed by atoms with Crippen LogP contribution >= 0.6 is 0 Å². The Hall–Kier alpha value is -3.40. The second-order valence-corrected chi connectivity index (χ2v) is 8.91. The zero-order valence-electron chi connectivity index (χ0n) is 18.8. The van der Waals surface area contributed by atoms with Gasteiger partial charge in [-0.05, 0) is 31.0 Å². The van der Waals surface area contributed by atoms with Crippen LogP contribution in [0.25, 0.3) is 11.2 Å². The minimum absolute atomic E-state index is 0.139. The van der Waals surface area contributed by atoms with Gasteiger partial charge < -0.3 is 25.0 Å². The average Bonchev–Trinajstić information content (AvgIpc) is 3.46. The number of nitriles is 1. The summed E-state index contributed by atoms with van der Waals surface area (Å²) in [7, 11) is 0. The van der Waals surface area contributed by atoms with Crippen LogP contribution in [0.1, 0.15) is 43.5 Å². The Kier molecular flexibility index (Phi) is 6.00. The third-order valence-electron chi connectivity index (χ3n) is 6.37. The maximum Gasteiger partial charge on any atom is 0.250 e. The molecule has 0 spiro atoms. The lowest BCUT2D eigenvalue weighted by Crippen LogP contribution is -2.31. The van der Waals surface area contributed by atoms with Gasteiger partial charge in [0.15, 0.2) is 17.4 Å². The smallest absolute Gasteiger partial charge is 0.250 e. The fourth-order valence-electron chi connectivity index (χ4n) is 4.46. The number of aliphatic hydroxyl groups is 2. The maximum absolute atomic E-state index is 13.8. The van der Waals surface area contributed by atoms with Crippen molar-refractivity contribution >= 4 is 17.1 Å². The standard InChI is InChI=1S/C23H24F2N6O4/c1-12-17(32)18(33)21(35-12)31-19-16(30-22(31)29-15-6-7-23(24,25)8-15)20(28-11-27-19)34-10-14-4-2-13(9-26)3-5-14/h2-5,11-12,15,17-18,21,32-33H,6-8,10H2,1H3,(H,29,30)/t12-,15-,17-,18-,21-/m1/s1. The highest BCUT2D eigenvalue weighted by Crippen LogP contribution is 2.39. The van der Waals surface area contributed by atoms with E-state index in [1.165, 1.54) is 10.9 Å². The Morgan fingerprint density at radius 1 is 1.26 bits per heavy atom. The molecule has 3 N–H and O–H groups in total. The number of fused-ring (bicyclic) bond motifs is 1. The van der Waals surface area contributed by atoms with Crippen LogP contribution in [0.2, 0.25) is 0 Å². The van der Waals surface area contributed by atoms with E-state index < -0.39 is 36.5 Å². The van der Waals surface area contributed by atoms with Gasteiger partial charge in [0.2, 0.25) is 17.8 Å². The first-order valence-electron chi connectivity index (χ1n) is 11.3. The Bertz CT molecular complexity index is 1260. The lowest BCUT2D eigenvalue weighted by atomic mass is 10.1. The van der Waals surface area contributed by atoms with Crippen molar-refractivity contribution in [3.8, 4) is 11.9 Å². The Morgan fingerprint density at radius 3 is 2.66 bits per heavy atom. The third kappa shape index (κ3) is 4.50. The number of anilines is 1. The third-order valence-corrected chi connectivity index (χ3v) is 6.37. The van der Waals surface area contributed by atoms with E-state index in [2.05, 4.69) is 26.3 Å². The molecular formula is C23H24F2N6O4. The highest BCUT2D eigenvalue weighted by Gasteiger charge is 2.44. The molecular weight excluding hydrogens is 462 g/mol. The number of hydrogen-bond donors (Lipinski definition) is 3. The van der Waals surface area contributed by atoms with E-state index in [4.69, 9.17) is 14.7 Å². The number of nitrogens with one attached hydrogen (secondary N) is 1. The van der Waals surface area contributed by atoms with Crippen molar-refractivity contribution in [2.75, 3.05) is 5.32 Å². The van der Waals surface area contributed by atoms with Gasteiger partial charge in [-0.1, -0.05) is 12.1 Å². The number of aliphatic hydroxyl groups excluding tert-OH is 2. The molecule has 2 aliphatic rings. The van der Waals surface area contributed by atoms with Crippen molar-refractivity contribution in [2.24, 2.45) is 0 Å². The van der Waals surface area contributed by atoms with Crippen molar-refractivity contribution in [3.63, 3.8) is 0 Å². The number of aromatic nitrogens is 4. The first-order valence-corrected chi connectivity index (χ1v) is 11.3. The summed E-state index contributed by atoms with van der Waals surface area (Å²) in [5.74, 6) is -2.45. The van der Waals surface area contributed by atoms with E-state index >= 15 is 0 Å². The number of rotatable bonds is 6. The van der Waals surface area contributed by atoms with E-state index in [1.807, 2.05) is 0 Å². The van der Waals surface area contributed by atoms with Crippen LogP contribution in [-0.2, 0) is 11.3 Å². The summed E-state index contributed by atoms with van der Waals surface area (Å²) in [4.78, 5) is 13.0. The molecule has 0 unspecified atom stereocenters. The number of imidazole rings is 1. The van der Waals surface area contributed by atoms with E-state index in [-0.39, 0.29) is 48.9 Å². The normalized spacial score (nSPS) is 27.7. The number of alkyl halides is 2. The van der Waals surface area contributed by atoms with Crippen molar-refractivity contribution in [1.29, 1.82) is 5.26 Å². The summed E-state index contributed by atoms with van der Waals surface area (Å²) in [6.45, 7) is 1.76. The molecule has 3 aromatic rings. The van der Waals surface area contributed by atoms with Crippen LogP contribution in [0.3, 0.4) is 0 Å². The largest absolute Gasteiger partial charge is 0.471 e. The van der Waals surface area contributed by atoms with Crippen LogP contribution in [-0.4, -0.2) is 60.0 Å². The van der Waals surface area contributed by atoms with Crippen LogP contribution in [0.15, 0.2) is 30.6 Å². The zero-order valence-corrected chi connectivity index (χ0v) is 18.8. The molecule has 5 atom stereocenters. The molecule has 5 rings (SSSR count). The Balaban J connectivity index is 1.49. The summed E-state index contributed by atoms with van der Waals surface area (Å²) in [6.07, 6.45) is -3.21. The van der Waals surface area contributed by atoms with Gasteiger partial charge in [-0.25, -0.2) is 18.7 Å². The summed E-state index contributed by atoms with van der Waals surface area (Å²) < 4.78 is 40.7. The first-order chi connectivity index (χ1) is 16.8. The fraction of sp³-hybridized carbons (Fsp3) is 0.478. The van der Waals surface area contributed by atoms with E-state index in [0.717, 1.165) is 5.56 Å². The number of hydrogen-bond acceptors (Lipinski definition) is 9. The Morgan fingerprint density at radius 2 is 2.03 bits per heavy atom. The summed E-state index contributed by atoms with van der Waals surface area (Å²) in [5.41, 5.74) is 1.83. The first kappa shape index (κ1) is 23.3. The van der Waals surface area contributed by atoms with Gasteiger partial charge in [0.25, 0.3) is 0 Å². The second kappa shape index (κ2) is 8.99. The van der Waals surface area contributed by atoms with Gasteiger partial charge in [-0.15, -0.1) is 0 Å². The van der Waals surface area contributed by atoms with Gasteiger partial charge in [0, 0.05) is 18.9 Å². The molecule has 184 valence electrons. The van der Waals surface area contributed by atoms with Crippen LogP contribution in [0, 0.1) is 11.3 Å². The molecule has 1 aromatic carbocycles. The zero-order chi connectivity index (χ0) is 24.7. The molecule has 1 saturated heterocycles. The van der Waals surface area contributed by atoms with Crippen molar-refractivity contribution in [2.45, 2.75) is 69.3 Å². The molecule has 10 nitrogen and oxygen atoms in total. The monoisotopic (exact) mass is 486 g/mol. The van der Waals surface area contributed by atoms with Gasteiger partial charge in [-0.2, -0.15) is 10.2 Å². The van der Waals surface area contributed by atoms with Crippen molar-refractivity contribution < 1.29 is 28.5 Å². The predicted molar refractivity (Wildman–Crippen MR) is 119 cm³/mol. The van der Waals surface area contributed by atoms with E-state index in [0.29, 0.717) is 5.56 Å². The number of benzene rings is 1. The topological polar surface area (TPSA) is 138 Å². The second-order valence-electron chi connectivity index (χ2n) is 8.91. The SMILES string of the molecule is C[C@H]1O[C@@H](n2c(N[C@@H]3CCC(F)(F)C3)nc3c(OCc4ccc(C#N)cc4)ncnc32)[C@H](O)[C@@H]1O. The predicted octanol–water partition coefficient (Wildman–Crippen LogP) is 2.52. The van der Waals surface area contributed by atoms with Crippen molar-refractivity contribution in [3.05, 3.63) is 41.7 Å². The van der Waals surface area contributed by atoms with Crippen LogP contribution in [0.5, 0.6) is 5.88 Å². The average molecular weight is 486 g/mol. The molecule has 3 heterocycles. The highest BCUT2D eigenvalue weighted by molar-refractivity contribution is 5.79. The molecule has 0 bridgehead atoms.